The van der Waals surface area contributed by atoms with Gasteiger partial charge in [0.25, 0.3) is 0 Å². The van der Waals surface area contributed by atoms with Crippen molar-refractivity contribution in [2.24, 2.45) is 0 Å². The van der Waals surface area contributed by atoms with Crippen molar-refractivity contribution in [1.82, 2.24) is 4.90 Å². The molecular weight excluding hydrogens is 218 g/mol. The molecule has 0 atom stereocenters. The maximum Gasteiger partial charge on any atom is 0.0360 e. The van der Waals surface area contributed by atoms with Gasteiger partial charge in [0.05, 0.1) is 0 Å². The monoisotopic (exact) mass is 245 g/mol. The Kier molecular flexibility index (Phi) is 8.32. The van der Waals surface area contributed by atoms with Crippen LogP contribution >= 0.6 is 11.6 Å². The van der Waals surface area contributed by atoms with Gasteiger partial charge in [-0.3, -0.25) is 0 Å². The van der Waals surface area contributed by atoms with Gasteiger partial charge >= 0.3 is 0 Å². The zero-order valence-corrected chi connectivity index (χ0v) is 11.6. The van der Waals surface area contributed by atoms with E-state index in [0.29, 0.717) is 5.38 Å². The summed E-state index contributed by atoms with van der Waals surface area (Å²) in [4.78, 5) is 2.59. The molecule has 0 aliphatic carbocycles. The standard InChI is InChI=1S/C14H28ClN/c1-2-3-4-5-6-7-8-11-16-12-9-14(15)10-13-16/h14H,2-13H2,1H3. The molecule has 0 N–H and O–H groups in total. The molecule has 1 heterocycles. The van der Waals surface area contributed by atoms with Crippen LogP contribution in [0.3, 0.4) is 0 Å². The number of likely N-dealkylation sites (tertiary alicyclic amines) is 1. The lowest BCUT2D eigenvalue weighted by molar-refractivity contribution is 0.226. The van der Waals surface area contributed by atoms with Crippen LogP contribution in [0.4, 0.5) is 0 Å². The molecule has 0 bridgehead atoms. The summed E-state index contributed by atoms with van der Waals surface area (Å²) in [5, 5.41) is 0.449. The molecule has 1 saturated heterocycles. The number of unbranched alkanes of at least 4 members (excludes halogenated alkanes) is 6. The lowest BCUT2D eigenvalue weighted by Gasteiger charge is -2.29. The van der Waals surface area contributed by atoms with E-state index in [2.05, 4.69) is 11.8 Å². The molecule has 0 saturated carbocycles. The summed E-state index contributed by atoms with van der Waals surface area (Å²) in [5.74, 6) is 0. The molecule has 1 fully saturated rings. The van der Waals surface area contributed by atoms with Gasteiger partial charge in [-0.15, -0.1) is 11.6 Å². The van der Waals surface area contributed by atoms with E-state index in [1.165, 1.54) is 77.4 Å². The lowest BCUT2D eigenvalue weighted by Crippen LogP contribution is -2.34. The van der Waals surface area contributed by atoms with Gasteiger partial charge in [0.1, 0.15) is 0 Å². The second kappa shape index (κ2) is 9.30. The molecule has 16 heavy (non-hydrogen) atoms. The summed E-state index contributed by atoms with van der Waals surface area (Å²) in [6.45, 7) is 6.03. The lowest BCUT2D eigenvalue weighted by atomic mass is 10.1. The third-order valence-corrected chi connectivity index (χ3v) is 4.03. The maximum absolute atomic E-state index is 6.09. The molecule has 96 valence electrons. The minimum atomic E-state index is 0.449. The van der Waals surface area contributed by atoms with E-state index in [4.69, 9.17) is 11.6 Å². The Morgan fingerprint density at radius 3 is 2.12 bits per heavy atom. The second-order valence-corrected chi connectivity index (χ2v) is 5.75. The van der Waals surface area contributed by atoms with Gasteiger partial charge in [-0.1, -0.05) is 45.4 Å². The molecule has 1 aliphatic rings. The number of rotatable bonds is 8. The summed E-state index contributed by atoms with van der Waals surface area (Å²) >= 11 is 6.09. The fraction of sp³-hybridized carbons (Fsp3) is 1.00. The summed E-state index contributed by atoms with van der Waals surface area (Å²) in [7, 11) is 0. The summed E-state index contributed by atoms with van der Waals surface area (Å²) in [6, 6.07) is 0. The van der Waals surface area contributed by atoms with Gasteiger partial charge in [-0.2, -0.15) is 0 Å². The zero-order valence-electron chi connectivity index (χ0n) is 10.9. The van der Waals surface area contributed by atoms with Crippen LogP contribution < -0.4 is 0 Å². The van der Waals surface area contributed by atoms with Gasteiger partial charge in [-0.05, 0) is 38.9 Å². The highest BCUT2D eigenvalue weighted by molar-refractivity contribution is 6.20. The number of nitrogens with zero attached hydrogens (tertiary/aromatic N) is 1. The Morgan fingerprint density at radius 2 is 1.50 bits per heavy atom. The van der Waals surface area contributed by atoms with Crippen molar-refractivity contribution in [3.8, 4) is 0 Å². The summed E-state index contributed by atoms with van der Waals surface area (Å²) in [5.41, 5.74) is 0. The molecule has 0 amide bonds. The molecule has 0 radical (unpaired) electrons. The van der Waals surface area contributed by atoms with E-state index in [1.54, 1.807) is 0 Å². The summed E-state index contributed by atoms with van der Waals surface area (Å²) < 4.78 is 0. The first-order chi connectivity index (χ1) is 7.83. The number of alkyl halides is 1. The Bertz CT molecular complexity index is 153. The minimum Gasteiger partial charge on any atom is -0.303 e. The molecule has 1 nitrogen and oxygen atoms in total. The predicted molar refractivity (Wildman–Crippen MR) is 73.3 cm³/mol. The van der Waals surface area contributed by atoms with Crippen LogP contribution in [0.15, 0.2) is 0 Å². The van der Waals surface area contributed by atoms with E-state index in [1.807, 2.05) is 0 Å². The zero-order chi connectivity index (χ0) is 11.6. The molecule has 0 unspecified atom stereocenters. The highest BCUT2D eigenvalue weighted by Gasteiger charge is 2.15. The van der Waals surface area contributed by atoms with Gasteiger partial charge in [0, 0.05) is 5.38 Å². The van der Waals surface area contributed by atoms with E-state index in [0.717, 1.165) is 0 Å². The van der Waals surface area contributed by atoms with Gasteiger partial charge in [0.15, 0.2) is 0 Å². The van der Waals surface area contributed by atoms with Crippen LogP contribution in [0.2, 0.25) is 0 Å². The largest absolute Gasteiger partial charge is 0.303 e. The highest BCUT2D eigenvalue weighted by Crippen LogP contribution is 2.16. The Hall–Kier alpha value is 0.250. The van der Waals surface area contributed by atoms with Crippen molar-refractivity contribution in [3.05, 3.63) is 0 Å². The van der Waals surface area contributed by atoms with Gasteiger partial charge < -0.3 is 4.90 Å². The van der Waals surface area contributed by atoms with E-state index < -0.39 is 0 Å². The average Bonchev–Trinajstić information content (AvgIpc) is 2.30. The maximum atomic E-state index is 6.09. The fourth-order valence-corrected chi connectivity index (χ4v) is 2.61. The number of hydrogen-bond donors (Lipinski definition) is 0. The Labute approximate surface area is 107 Å². The molecule has 0 aromatic carbocycles. The van der Waals surface area contributed by atoms with Crippen LogP contribution in [0.1, 0.15) is 64.7 Å². The van der Waals surface area contributed by atoms with E-state index in [-0.39, 0.29) is 0 Å². The van der Waals surface area contributed by atoms with Crippen LogP contribution in [-0.4, -0.2) is 29.9 Å². The van der Waals surface area contributed by atoms with E-state index in [9.17, 15) is 0 Å². The Balaban J connectivity index is 1.84. The quantitative estimate of drug-likeness (QED) is 0.451. The van der Waals surface area contributed by atoms with Crippen LogP contribution in [0.5, 0.6) is 0 Å². The molecule has 0 spiro atoms. The minimum absolute atomic E-state index is 0.449. The molecule has 1 aliphatic heterocycles. The van der Waals surface area contributed by atoms with Crippen molar-refractivity contribution in [2.45, 2.75) is 70.1 Å². The van der Waals surface area contributed by atoms with Crippen molar-refractivity contribution < 1.29 is 0 Å². The van der Waals surface area contributed by atoms with Crippen LogP contribution in [-0.2, 0) is 0 Å². The molecule has 0 aromatic heterocycles. The van der Waals surface area contributed by atoms with Crippen molar-refractivity contribution in [2.75, 3.05) is 19.6 Å². The number of piperidine rings is 1. The molecule has 2 heteroatoms. The average molecular weight is 246 g/mol. The molecule has 0 aromatic rings. The topological polar surface area (TPSA) is 3.24 Å². The van der Waals surface area contributed by atoms with Gasteiger partial charge in [0.2, 0.25) is 0 Å². The first-order valence-electron chi connectivity index (χ1n) is 7.19. The van der Waals surface area contributed by atoms with Gasteiger partial charge in [-0.25, -0.2) is 0 Å². The molecular formula is C14H28ClN. The SMILES string of the molecule is CCCCCCCCCN1CCC(Cl)CC1. The van der Waals surface area contributed by atoms with E-state index >= 15 is 0 Å². The van der Waals surface area contributed by atoms with Crippen molar-refractivity contribution in [3.63, 3.8) is 0 Å². The normalized spacial score (nSPS) is 19.1. The van der Waals surface area contributed by atoms with Crippen LogP contribution in [0.25, 0.3) is 0 Å². The third kappa shape index (κ3) is 6.75. The summed E-state index contributed by atoms with van der Waals surface area (Å²) in [6.07, 6.45) is 12.3. The first kappa shape index (κ1) is 14.3. The fourth-order valence-electron chi connectivity index (χ4n) is 2.42. The third-order valence-electron chi connectivity index (χ3n) is 3.60. The highest BCUT2D eigenvalue weighted by atomic mass is 35.5. The Morgan fingerprint density at radius 1 is 0.938 bits per heavy atom. The van der Waals surface area contributed by atoms with Crippen LogP contribution in [0, 0.1) is 0 Å². The second-order valence-electron chi connectivity index (χ2n) is 5.14. The number of halogens is 1. The molecule has 1 rings (SSSR count). The van der Waals surface area contributed by atoms with Crippen molar-refractivity contribution in [1.29, 1.82) is 0 Å². The predicted octanol–water partition coefficient (Wildman–Crippen LogP) is 4.44. The number of hydrogen-bond acceptors (Lipinski definition) is 1. The van der Waals surface area contributed by atoms with Crippen molar-refractivity contribution >= 4 is 11.6 Å². The smallest absolute Gasteiger partial charge is 0.0360 e. The first-order valence-corrected chi connectivity index (χ1v) is 7.63.